The summed E-state index contributed by atoms with van der Waals surface area (Å²) in [5, 5.41) is 0. The Bertz CT molecular complexity index is 463. The average molecular weight is 473 g/mol. The van der Waals surface area contributed by atoms with Crippen LogP contribution in [0.4, 0.5) is 26.3 Å². The number of hydrogen-bond acceptors (Lipinski definition) is 4. The standard InChI is InChI=1S/C5H6F6NO4S2.Sm/c1-3(2)12(17(13,14)4(6,7)8)18(15,16)5(9,10)11;/h1-2H3;/q-1;. The second kappa shape index (κ2) is 6.26. The zero-order valence-electron chi connectivity index (χ0n) is 9.07. The number of halogens is 6. The molecular formula is C5H6F6NO4S2Sm-. The van der Waals surface area contributed by atoms with E-state index in [1.54, 1.807) is 0 Å². The van der Waals surface area contributed by atoms with Gasteiger partial charge in [0.05, 0.1) is 0 Å². The van der Waals surface area contributed by atoms with Crippen LogP contribution in [-0.4, -0.2) is 31.6 Å². The quantitative estimate of drug-likeness (QED) is 0.462. The average Bonchev–Trinajstić information content (AvgIpc) is 1.96. The molecular weight excluding hydrogens is 467 g/mol. The minimum atomic E-state index is -6.69. The van der Waals surface area contributed by atoms with E-state index in [1.807, 2.05) is 0 Å². The number of alkyl halides is 6. The molecule has 0 fully saturated rings. The first-order valence-corrected chi connectivity index (χ1v) is 6.68. The van der Waals surface area contributed by atoms with E-state index in [1.165, 1.54) is 0 Å². The zero-order valence-corrected chi connectivity index (χ0v) is 13.3. The van der Waals surface area contributed by atoms with Crippen molar-refractivity contribution >= 4 is 20.0 Å². The van der Waals surface area contributed by atoms with Crippen molar-refractivity contribution < 1.29 is 83.6 Å². The van der Waals surface area contributed by atoms with E-state index in [4.69, 9.17) is 0 Å². The Kier molecular flexibility index (Phi) is 7.28. The topological polar surface area (TPSA) is 71.5 Å². The summed E-state index contributed by atoms with van der Waals surface area (Å²) in [4.78, 5) is 0. The Morgan fingerprint density at radius 2 is 1.00 bits per heavy atom. The van der Waals surface area contributed by atoms with Gasteiger partial charge in [-0.15, -0.1) is 0 Å². The fourth-order valence-corrected chi connectivity index (χ4v) is 3.68. The Hall–Kier alpha value is 0.778. The minimum absolute atomic E-state index is 0. The van der Waals surface area contributed by atoms with Crippen LogP contribution in [0.15, 0.2) is 0 Å². The van der Waals surface area contributed by atoms with Crippen molar-refractivity contribution in [2.45, 2.75) is 24.9 Å². The van der Waals surface area contributed by atoms with Crippen LogP contribution in [0.1, 0.15) is 13.8 Å². The van der Waals surface area contributed by atoms with Crippen LogP contribution in [0, 0.1) is 46.4 Å². The summed E-state index contributed by atoms with van der Waals surface area (Å²) in [6.45, 7) is 0.958. The second-order valence-corrected chi connectivity index (χ2v) is 6.83. The smallest absolute Gasteiger partial charge is 0.230 e. The van der Waals surface area contributed by atoms with E-state index in [2.05, 4.69) is 0 Å². The van der Waals surface area contributed by atoms with Gasteiger partial charge in [-0.1, -0.05) is 0 Å². The van der Waals surface area contributed by atoms with E-state index in [0.717, 1.165) is 0 Å². The molecule has 0 unspecified atom stereocenters. The maximum absolute atomic E-state index is 12.1. The zero-order chi connectivity index (χ0) is 15.2. The van der Waals surface area contributed by atoms with Gasteiger partial charge in [-0.3, -0.25) is 0 Å². The van der Waals surface area contributed by atoms with Crippen molar-refractivity contribution in [2.75, 3.05) is 0 Å². The molecule has 0 bridgehead atoms. The third-order valence-corrected chi connectivity index (χ3v) is 5.34. The molecule has 5 nitrogen and oxygen atoms in total. The molecule has 116 valence electrons. The van der Waals surface area contributed by atoms with Crippen molar-refractivity contribution in [1.82, 2.24) is 3.71 Å². The molecule has 0 amide bonds. The van der Waals surface area contributed by atoms with Gasteiger partial charge in [-0.2, -0.15) is 40.2 Å². The number of hydrogen-bond donors (Lipinski definition) is 0. The van der Waals surface area contributed by atoms with Crippen molar-refractivity contribution in [3.05, 3.63) is 6.04 Å². The molecule has 0 aromatic heterocycles. The molecule has 0 aliphatic rings. The summed E-state index contributed by atoms with van der Waals surface area (Å²) in [5.41, 5.74) is -12.4. The van der Waals surface area contributed by atoms with Crippen LogP contribution >= 0.6 is 0 Å². The predicted octanol–water partition coefficient (Wildman–Crippen LogP) is 1.56. The first-order chi connectivity index (χ1) is 7.57. The van der Waals surface area contributed by atoms with Crippen LogP contribution in [0.3, 0.4) is 0 Å². The van der Waals surface area contributed by atoms with Gasteiger partial charge < -0.3 is 0 Å². The van der Waals surface area contributed by atoms with Gasteiger partial charge in [0, 0.05) is 40.4 Å². The van der Waals surface area contributed by atoms with E-state index in [0.29, 0.717) is 13.8 Å². The van der Waals surface area contributed by atoms with Crippen LogP contribution < -0.4 is 0 Å². The molecule has 0 rings (SSSR count). The third kappa shape index (κ3) is 4.37. The fraction of sp³-hybridized carbons (Fsp3) is 0.800. The van der Waals surface area contributed by atoms with Crippen molar-refractivity contribution in [1.29, 1.82) is 0 Å². The second-order valence-electron chi connectivity index (χ2n) is 3.05. The molecule has 0 aromatic rings. The fourth-order valence-electron chi connectivity index (χ4n) is 0.798. The molecule has 14 heteroatoms. The summed E-state index contributed by atoms with van der Waals surface area (Å²) >= 11 is 0. The van der Waals surface area contributed by atoms with Gasteiger partial charge in [0.1, 0.15) is 0 Å². The van der Waals surface area contributed by atoms with E-state index >= 15 is 0 Å². The SMILES string of the molecule is C[C-](C)N(S(=O)(=O)C(F)(F)F)S(=O)(=O)C(F)(F)F.[Sm]. The summed E-state index contributed by atoms with van der Waals surface area (Å²) in [7, 11) is -13.4. The van der Waals surface area contributed by atoms with Crippen molar-refractivity contribution in [2.24, 2.45) is 0 Å². The van der Waals surface area contributed by atoms with Gasteiger partial charge in [0.15, 0.2) is 0 Å². The van der Waals surface area contributed by atoms with Crippen LogP contribution in [0.2, 0.25) is 0 Å². The summed E-state index contributed by atoms with van der Waals surface area (Å²) < 4.78 is 114. The molecule has 0 N–H and O–H groups in total. The first kappa shape index (κ1) is 22.1. The Morgan fingerprint density at radius 1 is 0.789 bits per heavy atom. The van der Waals surface area contributed by atoms with Gasteiger partial charge >= 0.3 is 11.0 Å². The van der Waals surface area contributed by atoms with E-state index < -0.39 is 40.8 Å². The minimum Gasteiger partial charge on any atom is -0.230 e. The molecule has 0 radical (unpaired) electrons. The van der Waals surface area contributed by atoms with Gasteiger partial charge in [-0.25, -0.2) is 26.6 Å². The predicted molar refractivity (Wildman–Crippen MR) is 46.4 cm³/mol. The number of rotatable bonds is 3. The maximum atomic E-state index is 12.1. The molecule has 0 spiro atoms. The van der Waals surface area contributed by atoms with Gasteiger partial charge in [-0.05, 0) is 0 Å². The maximum Gasteiger partial charge on any atom is 0.510 e. The van der Waals surface area contributed by atoms with Crippen LogP contribution in [-0.2, 0) is 20.0 Å². The molecule has 0 aromatic carbocycles. The molecule has 0 aliphatic heterocycles. The first-order valence-electron chi connectivity index (χ1n) is 3.80. The van der Waals surface area contributed by atoms with Crippen LogP contribution in [0.5, 0.6) is 0 Å². The van der Waals surface area contributed by atoms with Crippen molar-refractivity contribution in [3.8, 4) is 0 Å². The third-order valence-electron chi connectivity index (χ3n) is 1.39. The molecule has 0 atom stereocenters. The van der Waals surface area contributed by atoms with Gasteiger partial charge in [0.25, 0.3) is 20.0 Å². The molecule has 0 heterocycles. The normalized spacial score (nSPS) is 14.6. The summed E-state index contributed by atoms with van der Waals surface area (Å²) in [6, 6.07) is -1.22. The van der Waals surface area contributed by atoms with E-state index in [-0.39, 0.29) is 40.4 Å². The molecule has 0 saturated heterocycles. The number of sulfonamides is 2. The summed E-state index contributed by atoms with van der Waals surface area (Å²) in [5.74, 6) is 0. The molecule has 0 saturated carbocycles. The molecule has 19 heavy (non-hydrogen) atoms. The van der Waals surface area contributed by atoms with Gasteiger partial charge in [0.2, 0.25) is 0 Å². The monoisotopic (exact) mass is 474 g/mol. The molecule has 0 aliphatic carbocycles. The summed E-state index contributed by atoms with van der Waals surface area (Å²) in [6.07, 6.45) is 0. The Labute approximate surface area is 137 Å². The number of nitrogens with zero attached hydrogens (tertiary/aromatic N) is 1. The van der Waals surface area contributed by atoms with E-state index in [9.17, 15) is 43.2 Å². The Balaban J connectivity index is 0. The van der Waals surface area contributed by atoms with Crippen molar-refractivity contribution in [3.63, 3.8) is 0 Å². The Morgan fingerprint density at radius 3 is 1.11 bits per heavy atom. The largest absolute Gasteiger partial charge is 0.510 e. The van der Waals surface area contributed by atoms with Crippen LogP contribution in [0.25, 0.3) is 0 Å².